The smallest absolute Gasteiger partial charge is 0.243 e. The Morgan fingerprint density at radius 2 is 2.20 bits per heavy atom. The molecule has 1 aliphatic rings. The van der Waals surface area contributed by atoms with E-state index in [2.05, 4.69) is 50.3 Å². The molecule has 2 atom stereocenters. The molecule has 0 saturated carbocycles. The molecule has 3 aromatic rings. The lowest BCUT2D eigenvalue weighted by molar-refractivity contribution is 0.326. The van der Waals surface area contributed by atoms with Gasteiger partial charge >= 0.3 is 0 Å². The fourth-order valence-electron chi connectivity index (χ4n) is 3.40. The lowest BCUT2D eigenvalue weighted by Crippen LogP contribution is -2.28. The van der Waals surface area contributed by atoms with Crippen LogP contribution in [0.25, 0.3) is 0 Å². The highest BCUT2D eigenvalue weighted by molar-refractivity contribution is 5.18. The molecule has 0 radical (unpaired) electrons. The summed E-state index contributed by atoms with van der Waals surface area (Å²) in [5.74, 6) is 2.99. The van der Waals surface area contributed by atoms with Gasteiger partial charge in [0.1, 0.15) is 5.82 Å². The molecular weight excluding hydrogens is 314 g/mol. The van der Waals surface area contributed by atoms with E-state index in [9.17, 15) is 0 Å². The van der Waals surface area contributed by atoms with Gasteiger partial charge in [0, 0.05) is 37.8 Å². The van der Waals surface area contributed by atoms with Crippen molar-refractivity contribution in [3.63, 3.8) is 0 Å². The molecule has 6 heteroatoms. The van der Waals surface area contributed by atoms with Gasteiger partial charge in [-0.25, -0.2) is 4.98 Å². The monoisotopic (exact) mass is 337 g/mol. The Bertz CT molecular complexity index is 810. The predicted molar refractivity (Wildman–Crippen MR) is 94.2 cm³/mol. The number of rotatable bonds is 6. The Morgan fingerprint density at radius 3 is 3.08 bits per heavy atom. The molecule has 0 unspecified atom stereocenters. The third-order valence-electron chi connectivity index (χ3n) is 4.79. The number of nitrogens with one attached hydrogen (secondary N) is 1. The second-order valence-corrected chi connectivity index (χ2v) is 6.66. The first kappa shape index (κ1) is 16.0. The summed E-state index contributed by atoms with van der Waals surface area (Å²) < 4.78 is 7.70. The van der Waals surface area contributed by atoms with E-state index in [1.165, 1.54) is 24.2 Å². The van der Waals surface area contributed by atoms with E-state index in [4.69, 9.17) is 4.52 Å². The van der Waals surface area contributed by atoms with Crippen LogP contribution in [-0.4, -0.2) is 26.2 Å². The topological polar surface area (TPSA) is 68.8 Å². The fourth-order valence-corrected chi connectivity index (χ4v) is 3.40. The van der Waals surface area contributed by atoms with Crippen LogP contribution in [0, 0.1) is 0 Å². The Balaban J connectivity index is 1.35. The van der Waals surface area contributed by atoms with Crippen LogP contribution in [0.3, 0.4) is 0 Å². The second-order valence-electron chi connectivity index (χ2n) is 6.66. The zero-order valence-corrected chi connectivity index (χ0v) is 14.4. The van der Waals surface area contributed by atoms with Crippen LogP contribution in [0.4, 0.5) is 0 Å². The van der Waals surface area contributed by atoms with Crippen molar-refractivity contribution in [3.8, 4) is 0 Å². The Morgan fingerprint density at radius 1 is 1.32 bits per heavy atom. The van der Waals surface area contributed by atoms with Gasteiger partial charge in [-0.15, -0.1) is 0 Å². The Labute approximate surface area is 147 Å². The van der Waals surface area contributed by atoms with Gasteiger partial charge in [0.25, 0.3) is 0 Å². The van der Waals surface area contributed by atoms with E-state index in [1.807, 2.05) is 24.4 Å². The highest BCUT2D eigenvalue weighted by Crippen LogP contribution is 2.25. The van der Waals surface area contributed by atoms with Crippen molar-refractivity contribution >= 4 is 0 Å². The Hall–Kier alpha value is -2.47. The van der Waals surface area contributed by atoms with Gasteiger partial charge in [-0.05, 0) is 25.3 Å². The zero-order chi connectivity index (χ0) is 17.1. The second kappa shape index (κ2) is 7.19. The number of aryl methyl sites for hydroxylation is 1. The van der Waals surface area contributed by atoms with Crippen molar-refractivity contribution in [2.24, 2.45) is 0 Å². The number of hydrogen-bond acceptors (Lipinski definition) is 5. The summed E-state index contributed by atoms with van der Waals surface area (Å²) in [5, 5.41) is 7.64. The normalized spacial score (nSPS) is 18.0. The maximum atomic E-state index is 5.45. The summed E-state index contributed by atoms with van der Waals surface area (Å²) in [7, 11) is 0. The molecule has 3 heterocycles. The average molecular weight is 337 g/mol. The summed E-state index contributed by atoms with van der Waals surface area (Å²) in [4.78, 5) is 9.05. The number of aromatic nitrogens is 4. The zero-order valence-electron chi connectivity index (χ0n) is 14.4. The summed E-state index contributed by atoms with van der Waals surface area (Å²) in [6.07, 6.45) is 7.02. The number of hydrogen-bond donors (Lipinski definition) is 1. The quantitative estimate of drug-likeness (QED) is 0.748. The van der Waals surface area contributed by atoms with Gasteiger partial charge in [-0.1, -0.05) is 35.5 Å². The van der Waals surface area contributed by atoms with E-state index in [0.29, 0.717) is 18.2 Å². The molecule has 2 aromatic heterocycles. The number of benzene rings is 1. The molecular formula is C19H23N5O. The number of nitrogens with zero attached hydrogens (tertiary/aromatic N) is 4. The molecule has 0 fully saturated rings. The fraction of sp³-hybridized carbons (Fsp3) is 0.421. The van der Waals surface area contributed by atoms with Crippen molar-refractivity contribution < 1.29 is 4.52 Å². The molecule has 0 bridgehead atoms. The van der Waals surface area contributed by atoms with Crippen LogP contribution in [0.5, 0.6) is 0 Å². The largest absolute Gasteiger partial charge is 0.338 e. The van der Waals surface area contributed by atoms with Crippen LogP contribution >= 0.6 is 0 Å². The third-order valence-corrected chi connectivity index (χ3v) is 4.79. The standard InChI is InChI=1S/C19H23N5O/c1-14(21-13-16-8-5-10-24-11-9-20-18(16)24)19-22-17(23-25-19)12-15-6-3-2-4-7-15/h2-4,6-7,9,11,14,16,21H,5,8,10,12-13H2,1H3/t14-,16+/m0/s1. The van der Waals surface area contributed by atoms with Gasteiger partial charge in [0.2, 0.25) is 5.89 Å². The predicted octanol–water partition coefficient (Wildman–Crippen LogP) is 3.09. The SMILES string of the molecule is C[C@H](NC[C@H]1CCCn2ccnc21)c1nc(Cc2ccccc2)no1. The molecule has 4 rings (SSSR count). The summed E-state index contributed by atoms with van der Waals surface area (Å²) in [6, 6.07) is 10.2. The van der Waals surface area contributed by atoms with Gasteiger partial charge in [-0.3, -0.25) is 0 Å². The third kappa shape index (κ3) is 3.64. The van der Waals surface area contributed by atoms with Crippen LogP contribution in [-0.2, 0) is 13.0 Å². The van der Waals surface area contributed by atoms with E-state index in [-0.39, 0.29) is 6.04 Å². The van der Waals surface area contributed by atoms with Crippen LogP contribution in [0.2, 0.25) is 0 Å². The Kier molecular flexibility index (Phi) is 4.61. The van der Waals surface area contributed by atoms with Crippen molar-refractivity contribution in [2.45, 2.75) is 44.7 Å². The first-order chi connectivity index (χ1) is 12.3. The maximum Gasteiger partial charge on any atom is 0.243 e. The average Bonchev–Trinajstić information content (AvgIpc) is 3.30. The molecule has 1 aromatic carbocycles. The molecule has 1 aliphatic heterocycles. The number of fused-ring (bicyclic) bond motifs is 1. The molecule has 0 saturated heterocycles. The van der Waals surface area contributed by atoms with Crippen LogP contribution in [0.15, 0.2) is 47.2 Å². The highest BCUT2D eigenvalue weighted by atomic mass is 16.5. The van der Waals surface area contributed by atoms with Gasteiger partial charge in [0.15, 0.2) is 5.82 Å². The maximum absolute atomic E-state index is 5.45. The molecule has 0 spiro atoms. The molecule has 0 amide bonds. The molecule has 130 valence electrons. The van der Waals surface area contributed by atoms with Crippen molar-refractivity contribution in [2.75, 3.05) is 6.54 Å². The van der Waals surface area contributed by atoms with E-state index in [0.717, 1.165) is 18.9 Å². The summed E-state index contributed by atoms with van der Waals surface area (Å²) in [6.45, 7) is 4.01. The highest BCUT2D eigenvalue weighted by Gasteiger charge is 2.23. The minimum absolute atomic E-state index is 0.0300. The van der Waals surface area contributed by atoms with Crippen molar-refractivity contribution in [1.29, 1.82) is 0 Å². The van der Waals surface area contributed by atoms with Gasteiger partial charge in [-0.2, -0.15) is 4.98 Å². The van der Waals surface area contributed by atoms with Gasteiger partial charge in [0.05, 0.1) is 6.04 Å². The minimum atomic E-state index is 0.0300. The lowest BCUT2D eigenvalue weighted by Gasteiger charge is -2.24. The first-order valence-corrected chi connectivity index (χ1v) is 8.90. The number of imidazole rings is 1. The lowest BCUT2D eigenvalue weighted by atomic mass is 9.98. The summed E-state index contributed by atoms with van der Waals surface area (Å²) >= 11 is 0. The van der Waals surface area contributed by atoms with Crippen LogP contribution in [0.1, 0.15) is 54.8 Å². The van der Waals surface area contributed by atoms with Gasteiger partial charge < -0.3 is 14.4 Å². The van der Waals surface area contributed by atoms with Crippen molar-refractivity contribution in [1.82, 2.24) is 25.0 Å². The first-order valence-electron chi connectivity index (χ1n) is 8.90. The van der Waals surface area contributed by atoms with E-state index < -0.39 is 0 Å². The molecule has 6 nitrogen and oxygen atoms in total. The molecule has 1 N–H and O–H groups in total. The molecule has 25 heavy (non-hydrogen) atoms. The van der Waals surface area contributed by atoms with Crippen molar-refractivity contribution in [3.05, 3.63) is 65.8 Å². The minimum Gasteiger partial charge on any atom is -0.338 e. The molecule has 0 aliphatic carbocycles. The summed E-state index contributed by atoms with van der Waals surface area (Å²) in [5.41, 5.74) is 1.18. The van der Waals surface area contributed by atoms with E-state index in [1.54, 1.807) is 0 Å². The van der Waals surface area contributed by atoms with Crippen LogP contribution < -0.4 is 5.32 Å². The van der Waals surface area contributed by atoms with E-state index >= 15 is 0 Å².